The van der Waals surface area contributed by atoms with Gasteiger partial charge >= 0.3 is 0 Å². The quantitative estimate of drug-likeness (QED) is 0.540. The highest BCUT2D eigenvalue weighted by atomic mass is 16.5. The third-order valence-electron chi connectivity index (χ3n) is 7.04. The fourth-order valence-corrected chi connectivity index (χ4v) is 5.13. The molecule has 0 aliphatic carbocycles. The van der Waals surface area contributed by atoms with Crippen molar-refractivity contribution in [3.63, 3.8) is 0 Å². The highest BCUT2D eigenvalue weighted by molar-refractivity contribution is 5.95. The van der Waals surface area contributed by atoms with Crippen LogP contribution in [-0.2, 0) is 13.0 Å². The molecule has 1 fully saturated rings. The summed E-state index contributed by atoms with van der Waals surface area (Å²) in [7, 11) is 0. The number of rotatable bonds is 7. The standard InChI is InChI=1S/C30H34N2O3/c33-28(21-31-17-14-23-8-2-3-9-27(23)20-31)22-35-29-13-7-11-25(19-29)24-10-6-12-26(18-24)30(34)32-15-4-1-5-16-32/h2-3,6-13,18-19,28,33H,1,4-5,14-17,20-22H2. The van der Waals surface area contributed by atoms with E-state index in [-0.39, 0.29) is 12.5 Å². The van der Waals surface area contributed by atoms with Gasteiger partial charge in [0.2, 0.25) is 0 Å². The molecule has 1 N–H and O–H groups in total. The molecule has 1 atom stereocenters. The van der Waals surface area contributed by atoms with Gasteiger partial charge in [-0.25, -0.2) is 0 Å². The summed E-state index contributed by atoms with van der Waals surface area (Å²) < 4.78 is 5.96. The molecule has 5 heteroatoms. The molecule has 1 amide bonds. The Morgan fingerprint density at radius 3 is 2.43 bits per heavy atom. The molecule has 35 heavy (non-hydrogen) atoms. The van der Waals surface area contributed by atoms with Crippen molar-refractivity contribution in [3.05, 3.63) is 89.5 Å². The lowest BCUT2D eigenvalue weighted by atomic mass is 10.00. The first-order valence-corrected chi connectivity index (χ1v) is 12.8. The number of aliphatic hydroxyl groups excluding tert-OH is 1. The van der Waals surface area contributed by atoms with Crippen molar-refractivity contribution in [2.24, 2.45) is 0 Å². The van der Waals surface area contributed by atoms with Crippen LogP contribution in [0.25, 0.3) is 11.1 Å². The van der Waals surface area contributed by atoms with Gasteiger partial charge in [0.1, 0.15) is 18.5 Å². The van der Waals surface area contributed by atoms with E-state index < -0.39 is 6.10 Å². The van der Waals surface area contributed by atoms with Crippen molar-refractivity contribution in [2.45, 2.75) is 38.3 Å². The van der Waals surface area contributed by atoms with Crippen molar-refractivity contribution < 1.29 is 14.6 Å². The second-order valence-electron chi connectivity index (χ2n) is 9.68. The second kappa shape index (κ2) is 11.1. The van der Waals surface area contributed by atoms with E-state index in [1.165, 1.54) is 17.5 Å². The molecule has 5 nitrogen and oxygen atoms in total. The van der Waals surface area contributed by atoms with Crippen LogP contribution in [0.15, 0.2) is 72.8 Å². The lowest BCUT2D eigenvalue weighted by Gasteiger charge is -2.30. The zero-order valence-corrected chi connectivity index (χ0v) is 20.2. The number of nitrogens with zero attached hydrogens (tertiary/aromatic N) is 2. The van der Waals surface area contributed by atoms with Gasteiger partial charge in [0, 0.05) is 38.3 Å². The molecule has 0 bridgehead atoms. The minimum absolute atomic E-state index is 0.113. The monoisotopic (exact) mass is 470 g/mol. The van der Waals surface area contributed by atoms with E-state index in [1.807, 2.05) is 53.4 Å². The van der Waals surface area contributed by atoms with Crippen molar-refractivity contribution in [1.82, 2.24) is 9.80 Å². The predicted octanol–water partition coefficient (Wildman–Crippen LogP) is 4.78. The van der Waals surface area contributed by atoms with Crippen LogP contribution in [0.4, 0.5) is 0 Å². The maximum Gasteiger partial charge on any atom is 0.253 e. The van der Waals surface area contributed by atoms with Gasteiger partial charge < -0.3 is 14.7 Å². The van der Waals surface area contributed by atoms with Gasteiger partial charge in [-0.05, 0) is 72.2 Å². The Kier molecular flexibility index (Phi) is 7.45. The first-order chi connectivity index (χ1) is 17.2. The Bertz CT molecular complexity index is 1160. The summed E-state index contributed by atoms with van der Waals surface area (Å²) in [5.74, 6) is 0.834. The molecule has 3 aromatic carbocycles. The summed E-state index contributed by atoms with van der Waals surface area (Å²) in [5.41, 5.74) is 5.48. The molecule has 182 valence electrons. The van der Waals surface area contributed by atoms with Crippen LogP contribution in [0.1, 0.15) is 40.7 Å². The number of aliphatic hydroxyl groups is 1. The number of piperidine rings is 1. The van der Waals surface area contributed by atoms with Gasteiger partial charge in [-0.3, -0.25) is 9.69 Å². The molecule has 1 saturated heterocycles. The van der Waals surface area contributed by atoms with Gasteiger partial charge in [-0.1, -0.05) is 48.5 Å². The highest BCUT2D eigenvalue weighted by Gasteiger charge is 2.20. The third-order valence-corrected chi connectivity index (χ3v) is 7.04. The third kappa shape index (κ3) is 5.92. The van der Waals surface area contributed by atoms with Crippen LogP contribution in [-0.4, -0.2) is 59.7 Å². The van der Waals surface area contributed by atoms with Gasteiger partial charge in [0.25, 0.3) is 5.91 Å². The van der Waals surface area contributed by atoms with Crippen molar-refractivity contribution in [1.29, 1.82) is 0 Å². The molecule has 3 aromatic rings. The lowest BCUT2D eigenvalue weighted by Crippen LogP contribution is -2.38. The average molecular weight is 471 g/mol. The molecule has 0 aromatic heterocycles. The van der Waals surface area contributed by atoms with Gasteiger partial charge in [-0.15, -0.1) is 0 Å². The normalized spacial score (nSPS) is 17.0. The van der Waals surface area contributed by atoms with Crippen LogP contribution in [0.2, 0.25) is 0 Å². The Labute approximate surface area is 208 Å². The van der Waals surface area contributed by atoms with Crippen LogP contribution < -0.4 is 4.74 Å². The number of β-amino-alcohol motifs (C(OH)–C–C–N with tert-alkyl or cyclic N) is 1. The van der Waals surface area contributed by atoms with E-state index in [0.717, 1.165) is 67.9 Å². The maximum atomic E-state index is 12.9. The molecule has 0 radical (unpaired) electrons. The van der Waals surface area contributed by atoms with Crippen LogP contribution in [0.5, 0.6) is 5.75 Å². The number of likely N-dealkylation sites (tertiary alicyclic amines) is 1. The zero-order valence-electron chi connectivity index (χ0n) is 20.2. The lowest BCUT2D eigenvalue weighted by molar-refractivity contribution is 0.0638. The molecule has 1 unspecified atom stereocenters. The topological polar surface area (TPSA) is 53.0 Å². The van der Waals surface area contributed by atoms with Crippen molar-refractivity contribution in [2.75, 3.05) is 32.8 Å². The van der Waals surface area contributed by atoms with E-state index >= 15 is 0 Å². The van der Waals surface area contributed by atoms with Crippen LogP contribution >= 0.6 is 0 Å². The summed E-state index contributed by atoms with van der Waals surface area (Å²) in [4.78, 5) is 17.2. The maximum absolute atomic E-state index is 12.9. The van der Waals surface area contributed by atoms with Gasteiger partial charge in [-0.2, -0.15) is 0 Å². The molecular weight excluding hydrogens is 436 g/mol. The first kappa shape index (κ1) is 23.6. The number of carbonyl (C=O) groups excluding carboxylic acids is 1. The number of amides is 1. The molecule has 2 heterocycles. The highest BCUT2D eigenvalue weighted by Crippen LogP contribution is 2.26. The molecule has 0 saturated carbocycles. The fourth-order valence-electron chi connectivity index (χ4n) is 5.13. The van der Waals surface area contributed by atoms with Crippen LogP contribution in [0, 0.1) is 0 Å². The number of hydrogen-bond donors (Lipinski definition) is 1. The number of fused-ring (bicyclic) bond motifs is 1. The predicted molar refractivity (Wildman–Crippen MR) is 139 cm³/mol. The first-order valence-electron chi connectivity index (χ1n) is 12.8. The Balaban J connectivity index is 1.18. The molecule has 5 rings (SSSR count). The summed E-state index contributed by atoms with van der Waals surface area (Å²) in [6.45, 7) is 4.35. The number of hydrogen-bond acceptors (Lipinski definition) is 4. The Morgan fingerprint density at radius 2 is 1.60 bits per heavy atom. The van der Waals surface area contributed by atoms with E-state index in [2.05, 4.69) is 29.2 Å². The van der Waals surface area contributed by atoms with Crippen LogP contribution in [0.3, 0.4) is 0 Å². The minimum Gasteiger partial charge on any atom is -0.491 e. The molecule has 2 aliphatic rings. The van der Waals surface area contributed by atoms with E-state index in [4.69, 9.17) is 4.74 Å². The van der Waals surface area contributed by atoms with E-state index in [9.17, 15) is 9.90 Å². The fraction of sp³-hybridized carbons (Fsp3) is 0.367. The van der Waals surface area contributed by atoms with E-state index in [1.54, 1.807) is 0 Å². The number of carbonyl (C=O) groups is 1. The summed E-state index contributed by atoms with van der Waals surface area (Å²) >= 11 is 0. The largest absolute Gasteiger partial charge is 0.491 e. The van der Waals surface area contributed by atoms with E-state index in [0.29, 0.717) is 6.54 Å². The minimum atomic E-state index is -0.561. The summed E-state index contributed by atoms with van der Waals surface area (Å²) in [5, 5.41) is 10.6. The summed E-state index contributed by atoms with van der Waals surface area (Å²) in [6.07, 6.45) is 3.83. The number of ether oxygens (including phenoxy) is 1. The summed E-state index contributed by atoms with van der Waals surface area (Å²) in [6, 6.07) is 24.2. The molecular formula is C30H34N2O3. The SMILES string of the molecule is O=C(c1cccc(-c2cccc(OCC(O)CN3CCc4ccccc4C3)c2)c1)N1CCCCC1. The Morgan fingerprint density at radius 1 is 0.857 bits per heavy atom. The molecule has 2 aliphatic heterocycles. The van der Waals surface area contributed by atoms with Crippen molar-refractivity contribution >= 4 is 5.91 Å². The van der Waals surface area contributed by atoms with Gasteiger partial charge in [0.05, 0.1) is 0 Å². The molecule has 0 spiro atoms. The van der Waals surface area contributed by atoms with Gasteiger partial charge in [0.15, 0.2) is 0 Å². The average Bonchev–Trinajstić information content (AvgIpc) is 2.92. The second-order valence-corrected chi connectivity index (χ2v) is 9.68. The smallest absolute Gasteiger partial charge is 0.253 e. The van der Waals surface area contributed by atoms with Crippen molar-refractivity contribution in [3.8, 4) is 16.9 Å². The zero-order chi connectivity index (χ0) is 24.0. The number of benzene rings is 3. The Hall–Kier alpha value is -3.15.